The van der Waals surface area contributed by atoms with Gasteiger partial charge in [0.05, 0.1) is 59.1 Å². The number of hydrogen-bond donors (Lipinski definition) is 2. The third-order valence-electron chi connectivity index (χ3n) is 13.5. The number of aryl methyl sites for hydroxylation is 2. The van der Waals surface area contributed by atoms with Gasteiger partial charge in [-0.2, -0.15) is 0 Å². The summed E-state index contributed by atoms with van der Waals surface area (Å²) >= 11 is 0. The zero-order chi connectivity index (χ0) is 43.3. The summed E-state index contributed by atoms with van der Waals surface area (Å²) in [6.45, 7) is 24.6. The van der Waals surface area contributed by atoms with Crippen molar-refractivity contribution in [3.63, 3.8) is 0 Å². The monoisotopic (exact) mass is 836 g/mol. The van der Waals surface area contributed by atoms with Crippen LogP contribution in [0.3, 0.4) is 0 Å². The van der Waals surface area contributed by atoms with E-state index in [1.165, 1.54) is 4.90 Å². The quantitative estimate of drug-likeness (QED) is 0.0598. The van der Waals surface area contributed by atoms with E-state index in [0.29, 0.717) is 89.4 Å². The highest BCUT2D eigenvalue weighted by Crippen LogP contribution is 2.44. The average molecular weight is 837 g/mol. The minimum absolute atomic E-state index is 0.0363. The Morgan fingerprint density at radius 3 is 2.30 bits per heavy atom. The van der Waals surface area contributed by atoms with Gasteiger partial charge in [0.1, 0.15) is 6.61 Å². The van der Waals surface area contributed by atoms with Crippen LogP contribution in [0.15, 0.2) is 18.2 Å². The average Bonchev–Trinajstić information content (AvgIpc) is 3.88. The van der Waals surface area contributed by atoms with Gasteiger partial charge < -0.3 is 23.9 Å². The molecule has 1 fully saturated rings. The molecule has 2 N–H and O–H groups in total. The van der Waals surface area contributed by atoms with Crippen LogP contribution in [0.1, 0.15) is 138 Å². The maximum atomic E-state index is 15.0. The number of carbonyl (C=O) groups is 4. The molecule has 4 aliphatic heterocycles. The molecule has 0 spiro atoms. The molecule has 14 heteroatoms. The number of aromatic amines is 2. The number of nitrogens with one attached hydrogen (secondary N) is 2. The van der Waals surface area contributed by atoms with Gasteiger partial charge in [-0.1, -0.05) is 34.6 Å². The van der Waals surface area contributed by atoms with Crippen LogP contribution in [0.2, 0.25) is 18.1 Å². The molecule has 3 aromatic rings. The van der Waals surface area contributed by atoms with E-state index in [0.717, 1.165) is 53.0 Å². The molecule has 60 heavy (non-hydrogen) atoms. The van der Waals surface area contributed by atoms with Gasteiger partial charge in [0.2, 0.25) is 0 Å². The first-order valence-corrected chi connectivity index (χ1v) is 24.3. The first-order valence-electron chi connectivity index (χ1n) is 21.3. The molecule has 0 aromatic carbocycles. The fourth-order valence-electron chi connectivity index (χ4n) is 8.58. The third kappa shape index (κ3) is 8.06. The number of carbonyl (C=O) groups excluding carboxylic acids is 4. The Hall–Kier alpha value is -4.76. The zero-order valence-electron chi connectivity index (χ0n) is 36.9. The van der Waals surface area contributed by atoms with Gasteiger partial charge in [0.15, 0.2) is 14.6 Å². The maximum Gasteiger partial charge on any atom is 0.305 e. The van der Waals surface area contributed by atoms with Crippen LogP contribution < -0.4 is 0 Å². The maximum absolute atomic E-state index is 15.0. The Morgan fingerprint density at radius 2 is 1.62 bits per heavy atom. The molecule has 4 aliphatic rings. The van der Waals surface area contributed by atoms with E-state index in [2.05, 4.69) is 55.7 Å². The number of aromatic nitrogens is 4. The summed E-state index contributed by atoms with van der Waals surface area (Å²) in [7, 11) is -2.01. The summed E-state index contributed by atoms with van der Waals surface area (Å²) in [6, 6.07) is 5.81. The fourth-order valence-corrected chi connectivity index (χ4v) is 9.61. The van der Waals surface area contributed by atoms with Crippen LogP contribution in [-0.2, 0) is 18.7 Å². The van der Waals surface area contributed by atoms with E-state index < -0.39 is 14.2 Å². The number of rotatable bonds is 12. The SMILES string of the molecule is CCC1=C(C)c2cc3[nH]c(cc4nc(c5c6[nH]c(cc1n2)c(C)c6C(=O)N(CCN1CCOCC1)C5=O)[C@@H](CCC(=O)OCCO[Si](C)(C)C(C)(C)C)[C@@H]4C)c(C)c3C=O. The Labute approximate surface area is 353 Å². The van der Waals surface area contributed by atoms with E-state index >= 15 is 4.79 Å². The van der Waals surface area contributed by atoms with E-state index in [1.54, 1.807) is 0 Å². The molecule has 7 heterocycles. The minimum atomic E-state index is -2.01. The standard InChI is InChI=1S/C46H60N6O7Si/c1-11-30-26(2)34-23-38-32(25-53)28(4)33(48-38)22-35-27(3)31(12-13-39(54)58-20-21-59-60(9,10)46(6,7)8)42(49-35)41-43-40(29(5)36(50-43)24-37(30)47-34)44(55)52(45(41)56)15-14-51-16-18-57-19-17-51/h22-25,27,31,48,50H,11-21H2,1-10H3/t27-,31-/m0/s1. The lowest BCUT2D eigenvalue weighted by Crippen LogP contribution is -2.47. The van der Waals surface area contributed by atoms with Crippen LogP contribution >= 0.6 is 0 Å². The van der Waals surface area contributed by atoms with Crippen molar-refractivity contribution < 1.29 is 33.1 Å². The lowest BCUT2D eigenvalue weighted by Gasteiger charge is -2.36. The van der Waals surface area contributed by atoms with Gasteiger partial charge in [-0.15, -0.1) is 0 Å². The predicted octanol–water partition coefficient (Wildman–Crippen LogP) is 8.25. The summed E-state index contributed by atoms with van der Waals surface area (Å²) in [5, 5.41) is 0.0363. The molecular formula is C46H60N6O7Si. The summed E-state index contributed by atoms with van der Waals surface area (Å²) in [5.41, 5.74) is 9.98. The van der Waals surface area contributed by atoms with Gasteiger partial charge in [0, 0.05) is 66.7 Å². The smallest absolute Gasteiger partial charge is 0.305 e. The summed E-state index contributed by atoms with van der Waals surface area (Å²) in [6.07, 6.45) is 2.03. The number of morpholine rings is 1. The number of allylic oxidation sites excluding steroid dienone is 2. The number of esters is 1. The normalized spacial score (nSPS) is 18.7. The number of H-pyrrole nitrogens is 2. The number of imide groups is 1. The van der Waals surface area contributed by atoms with E-state index in [-0.39, 0.29) is 48.3 Å². The Bertz CT molecular complexity index is 2430. The van der Waals surface area contributed by atoms with Crippen molar-refractivity contribution in [3.05, 3.63) is 68.8 Å². The van der Waals surface area contributed by atoms with Crippen molar-refractivity contribution in [1.82, 2.24) is 29.7 Å². The third-order valence-corrected chi connectivity index (χ3v) is 18.0. The van der Waals surface area contributed by atoms with Crippen molar-refractivity contribution in [2.75, 3.05) is 52.6 Å². The lowest BCUT2D eigenvalue weighted by atomic mass is 9.84. The molecule has 2 atom stereocenters. The molecule has 0 saturated carbocycles. The highest BCUT2D eigenvalue weighted by molar-refractivity contribution is 6.74. The van der Waals surface area contributed by atoms with Crippen LogP contribution in [0, 0.1) is 13.8 Å². The number of nitrogens with zero attached hydrogens (tertiary/aromatic N) is 4. The molecule has 320 valence electrons. The molecule has 0 aliphatic carbocycles. The largest absolute Gasteiger partial charge is 0.463 e. The second kappa shape index (κ2) is 16.9. The number of fused-ring (bicyclic) bond motifs is 8. The first-order chi connectivity index (χ1) is 28.4. The molecule has 2 amide bonds. The summed E-state index contributed by atoms with van der Waals surface area (Å²) in [5.74, 6) is -1.75. The molecule has 7 rings (SSSR count). The highest BCUT2D eigenvalue weighted by Gasteiger charge is 2.41. The molecule has 1 saturated heterocycles. The summed E-state index contributed by atoms with van der Waals surface area (Å²) in [4.78, 5) is 76.4. The Balaban J connectivity index is 1.38. The van der Waals surface area contributed by atoms with Crippen molar-refractivity contribution in [2.24, 2.45) is 0 Å². The van der Waals surface area contributed by atoms with Gasteiger partial charge in [-0.25, -0.2) is 4.98 Å². The molecule has 8 bridgehead atoms. The van der Waals surface area contributed by atoms with Crippen molar-refractivity contribution in [1.29, 1.82) is 0 Å². The van der Waals surface area contributed by atoms with Crippen molar-refractivity contribution in [3.8, 4) is 0 Å². The second-order valence-corrected chi connectivity index (χ2v) is 22.9. The Morgan fingerprint density at radius 1 is 0.933 bits per heavy atom. The van der Waals surface area contributed by atoms with Crippen LogP contribution in [0.4, 0.5) is 0 Å². The minimum Gasteiger partial charge on any atom is -0.463 e. The first kappa shape index (κ1) is 43.3. The van der Waals surface area contributed by atoms with Crippen LogP contribution in [-0.4, -0.2) is 115 Å². The van der Waals surface area contributed by atoms with E-state index in [1.807, 2.05) is 45.9 Å². The van der Waals surface area contributed by atoms with Gasteiger partial charge >= 0.3 is 5.97 Å². The van der Waals surface area contributed by atoms with Crippen molar-refractivity contribution >= 4 is 65.6 Å². The molecule has 0 unspecified atom stereocenters. The van der Waals surface area contributed by atoms with Gasteiger partial charge in [-0.05, 0) is 92.2 Å². The highest BCUT2D eigenvalue weighted by atomic mass is 28.4. The number of amides is 2. The van der Waals surface area contributed by atoms with Crippen molar-refractivity contribution in [2.45, 2.75) is 105 Å². The van der Waals surface area contributed by atoms with Crippen LogP contribution in [0.5, 0.6) is 0 Å². The molecular weight excluding hydrogens is 777 g/mol. The fraction of sp³-hybridized carbons (Fsp3) is 0.522. The topological polar surface area (TPSA) is 160 Å². The van der Waals surface area contributed by atoms with Crippen LogP contribution in [0.25, 0.3) is 33.2 Å². The van der Waals surface area contributed by atoms with Gasteiger partial charge in [0.25, 0.3) is 11.8 Å². The number of aldehydes is 1. The lowest BCUT2D eigenvalue weighted by molar-refractivity contribution is -0.144. The molecule has 0 radical (unpaired) electrons. The second-order valence-electron chi connectivity index (χ2n) is 18.1. The van der Waals surface area contributed by atoms with E-state index in [4.69, 9.17) is 23.9 Å². The summed E-state index contributed by atoms with van der Waals surface area (Å²) < 4.78 is 17.5. The predicted molar refractivity (Wildman–Crippen MR) is 236 cm³/mol. The number of hydrogen-bond acceptors (Lipinski definition) is 10. The molecule has 3 aromatic heterocycles. The Kier molecular flexibility index (Phi) is 12.2. The van der Waals surface area contributed by atoms with E-state index in [9.17, 15) is 14.4 Å². The zero-order valence-corrected chi connectivity index (χ0v) is 37.9. The van der Waals surface area contributed by atoms with Gasteiger partial charge in [-0.3, -0.25) is 34.0 Å². The number of ether oxygens (including phenoxy) is 2. The molecule has 13 nitrogen and oxygen atoms in total.